The summed E-state index contributed by atoms with van der Waals surface area (Å²) >= 11 is 4.24. The third-order valence-corrected chi connectivity index (χ3v) is 5.79. The van der Waals surface area contributed by atoms with Gasteiger partial charge in [-0.05, 0) is 18.8 Å². The van der Waals surface area contributed by atoms with Crippen molar-refractivity contribution in [3.8, 4) is 0 Å². The molecule has 2 unspecified atom stereocenters. The molecule has 2 rings (SSSR count). The molecule has 1 N–H and O–H groups in total. The van der Waals surface area contributed by atoms with E-state index in [1.165, 1.54) is 36.6 Å². The first kappa shape index (κ1) is 12.1. The molecule has 2 heterocycles. The fourth-order valence-corrected chi connectivity index (χ4v) is 4.72. The van der Waals surface area contributed by atoms with Gasteiger partial charge in [0.25, 0.3) is 0 Å². The van der Waals surface area contributed by atoms with Crippen molar-refractivity contribution in [3.63, 3.8) is 0 Å². The Labute approximate surface area is 101 Å². The van der Waals surface area contributed by atoms with Gasteiger partial charge in [-0.15, -0.1) is 0 Å². The zero-order valence-electron chi connectivity index (χ0n) is 9.24. The van der Waals surface area contributed by atoms with Gasteiger partial charge in [0.1, 0.15) is 0 Å². The molecule has 0 aliphatic carbocycles. The molecule has 0 amide bonds. The first-order valence-corrected chi connectivity index (χ1v) is 8.13. The number of hydrogen-bond acceptors (Lipinski definition) is 4. The summed E-state index contributed by atoms with van der Waals surface area (Å²) in [6.07, 6.45) is 2.60. The molecule has 2 aliphatic heterocycles. The molecule has 0 spiro atoms. The summed E-state index contributed by atoms with van der Waals surface area (Å²) in [5.74, 6) is 4.78. The summed E-state index contributed by atoms with van der Waals surface area (Å²) in [5, 5.41) is 4.45. The van der Waals surface area contributed by atoms with Gasteiger partial charge >= 0.3 is 0 Å². The molecule has 2 aliphatic rings. The third kappa shape index (κ3) is 4.55. The largest absolute Gasteiger partial charge is 0.381 e. The summed E-state index contributed by atoms with van der Waals surface area (Å²) in [6, 6.07) is 0. The van der Waals surface area contributed by atoms with Crippen LogP contribution in [0.1, 0.15) is 12.8 Å². The lowest BCUT2D eigenvalue weighted by Crippen LogP contribution is -2.34. The maximum Gasteiger partial charge on any atom is 0.0506 e. The van der Waals surface area contributed by atoms with Gasteiger partial charge in [0.05, 0.1) is 6.61 Å². The van der Waals surface area contributed by atoms with Crippen molar-refractivity contribution < 1.29 is 4.74 Å². The number of thioether (sulfide) groups is 2. The molecule has 4 heteroatoms. The van der Waals surface area contributed by atoms with Crippen LogP contribution in [-0.2, 0) is 4.74 Å². The predicted molar refractivity (Wildman–Crippen MR) is 70.0 cm³/mol. The van der Waals surface area contributed by atoms with Crippen LogP contribution < -0.4 is 5.32 Å². The van der Waals surface area contributed by atoms with E-state index < -0.39 is 0 Å². The SMILES string of the molecule is C1COCC(CNCC2CSCCS2)C1. The monoisotopic (exact) mass is 247 g/mol. The standard InChI is InChI=1S/C11H21NOS2/c1-2-10(8-13-3-1)6-12-7-11-9-14-4-5-15-11/h10-12H,1-9H2. The molecule has 0 saturated carbocycles. The van der Waals surface area contributed by atoms with E-state index in [0.717, 1.165) is 30.9 Å². The lowest BCUT2D eigenvalue weighted by molar-refractivity contribution is 0.0550. The van der Waals surface area contributed by atoms with Gasteiger partial charge in [-0.3, -0.25) is 0 Å². The minimum atomic E-state index is 0.764. The molecule has 15 heavy (non-hydrogen) atoms. The van der Waals surface area contributed by atoms with Crippen molar-refractivity contribution in [2.45, 2.75) is 18.1 Å². The van der Waals surface area contributed by atoms with Gasteiger partial charge in [-0.1, -0.05) is 0 Å². The molecule has 0 aromatic heterocycles. The maximum atomic E-state index is 5.48. The number of hydrogen-bond donors (Lipinski definition) is 1. The molecule has 2 atom stereocenters. The molecule has 0 radical (unpaired) electrons. The Morgan fingerprint density at radius 3 is 3.00 bits per heavy atom. The van der Waals surface area contributed by atoms with Crippen molar-refractivity contribution in [2.24, 2.45) is 5.92 Å². The van der Waals surface area contributed by atoms with Gasteiger partial charge in [-0.25, -0.2) is 0 Å². The highest BCUT2D eigenvalue weighted by atomic mass is 32.2. The molecule has 2 nitrogen and oxygen atoms in total. The molecule has 2 saturated heterocycles. The normalized spacial score (nSPS) is 32.8. The highest BCUT2D eigenvalue weighted by Gasteiger charge is 2.16. The number of ether oxygens (including phenoxy) is 1. The first-order chi connectivity index (χ1) is 7.45. The van der Waals surface area contributed by atoms with E-state index in [1.54, 1.807) is 0 Å². The minimum absolute atomic E-state index is 0.764. The van der Waals surface area contributed by atoms with Crippen LogP contribution in [-0.4, -0.2) is 48.8 Å². The van der Waals surface area contributed by atoms with E-state index in [9.17, 15) is 0 Å². The van der Waals surface area contributed by atoms with Crippen molar-refractivity contribution in [3.05, 3.63) is 0 Å². The van der Waals surface area contributed by atoms with Crippen molar-refractivity contribution in [2.75, 3.05) is 43.6 Å². The lowest BCUT2D eigenvalue weighted by Gasteiger charge is -2.25. The van der Waals surface area contributed by atoms with E-state index in [4.69, 9.17) is 4.74 Å². The topological polar surface area (TPSA) is 21.3 Å². The Balaban J connectivity index is 1.53. The smallest absolute Gasteiger partial charge is 0.0506 e. The first-order valence-electron chi connectivity index (χ1n) is 5.93. The highest BCUT2D eigenvalue weighted by molar-refractivity contribution is 8.06. The van der Waals surface area contributed by atoms with Crippen molar-refractivity contribution in [1.29, 1.82) is 0 Å². The Morgan fingerprint density at radius 1 is 1.27 bits per heavy atom. The van der Waals surface area contributed by atoms with Gasteiger partial charge in [0.15, 0.2) is 0 Å². The van der Waals surface area contributed by atoms with Crippen molar-refractivity contribution in [1.82, 2.24) is 5.32 Å². The predicted octanol–water partition coefficient (Wildman–Crippen LogP) is 1.85. The van der Waals surface area contributed by atoms with Crippen LogP contribution in [0.25, 0.3) is 0 Å². The molecule has 0 aromatic rings. The van der Waals surface area contributed by atoms with Crippen LogP contribution in [0.5, 0.6) is 0 Å². The average Bonchev–Trinajstić information content (AvgIpc) is 2.32. The zero-order chi connectivity index (χ0) is 10.3. The van der Waals surface area contributed by atoms with Gasteiger partial charge < -0.3 is 10.1 Å². The summed E-state index contributed by atoms with van der Waals surface area (Å²) in [7, 11) is 0. The second-order valence-electron chi connectivity index (χ2n) is 4.31. The molecule has 88 valence electrons. The highest BCUT2D eigenvalue weighted by Crippen LogP contribution is 2.23. The quantitative estimate of drug-likeness (QED) is 0.818. The van der Waals surface area contributed by atoms with Crippen LogP contribution in [0, 0.1) is 5.92 Å². The van der Waals surface area contributed by atoms with Gasteiger partial charge in [-0.2, -0.15) is 23.5 Å². The van der Waals surface area contributed by atoms with Gasteiger partial charge in [0, 0.05) is 42.2 Å². The second kappa shape index (κ2) is 7.05. The van der Waals surface area contributed by atoms with E-state index >= 15 is 0 Å². The fraction of sp³-hybridized carbons (Fsp3) is 1.00. The zero-order valence-corrected chi connectivity index (χ0v) is 10.9. The molecule has 0 aromatic carbocycles. The number of rotatable bonds is 4. The molecular formula is C11H21NOS2. The summed E-state index contributed by atoms with van der Waals surface area (Å²) in [5.41, 5.74) is 0. The maximum absolute atomic E-state index is 5.48. The Morgan fingerprint density at radius 2 is 2.27 bits per heavy atom. The fourth-order valence-electron chi connectivity index (χ4n) is 2.07. The molecular weight excluding hydrogens is 226 g/mol. The summed E-state index contributed by atoms with van der Waals surface area (Å²) in [4.78, 5) is 0. The molecule has 2 fully saturated rings. The summed E-state index contributed by atoms with van der Waals surface area (Å²) < 4.78 is 5.48. The lowest BCUT2D eigenvalue weighted by atomic mass is 10.0. The van der Waals surface area contributed by atoms with E-state index in [2.05, 4.69) is 28.8 Å². The Bertz CT molecular complexity index is 150. The molecule has 0 bridgehead atoms. The third-order valence-electron chi connectivity index (χ3n) is 2.94. The van der Waals surface area contributed by atoms with Crippen molar-refractivity contribution >= 4 is 23.5 Å². The van der Waals surface area contributed by atoms with E-state index in [1.807, 2.05) is 0 Å². The van der Waals surface area contributed by atoms with Crippen LogP contribution in [0.15, 0.2) is 0 Å². The van der Waals surface area contributed by atoms with Gasteiger partial charge in [0.2, 0.25) is 0 Å². The number of nitrogens with one attached hydrogen (secondary N) is 1. The minimum Gasteiger partial charge on any atom is -0.381 e. The van der Waals surface area contributed by atoms with Crippen LogP contribution in [0.3, 0.4) is 0 Å². The van der Waals surface area contributed by atoms with E-state index in [0.29, 0.717) is 0 Å². The average molecular weight is 247 g/mol. The Hall–Kier alpha value is 0.620. The Kier molecular flexibility index (Phi) is 5.68. The van der Waals surface area contributed by atoms with E-state index in [-0.39, 0.29) is 0 Å². The van der Waals surface area contributed by atoms with Crippen LogP contribution in [0.2, 0.25) is 0 Å². The van der Waals surface area contributed by atoms with Crippen LogP contribution in [0.4, 0.5) is 0 Å². The second-order valence-corrected chi connectivity index (χ2v) is 6.87. The van der Waals surface area contributed by atoms with Crippen LogP contribution >= 0.6 is 23.5 Å². The summed E-state index contributed by atoms with van der Waals surface area (Å²) in [6.45, 7) is 4.29.